The van der Waals surface area contributed by atoms with Gasteiger partial charge in [0.2, 0.25) is 5.91 Å². The van der Waals surface area contributed by atoms with E-state index < -0.39 is 23.4 Å². The second-order valence-electron chi connectivity index (χ2n) is 5.72. The zero-order valence-corrected chi connectivity index (χ0v) is 15.7. The lowest BCUT2D eigenvalue weighted by Gasteiger charge is -2.12. The van der Waals surface area contributed by atoms with Gasteiger partial charge in [0.1, 0.15) is 11.6 Å². The highest BCUT2D eigenvalue weighted by molar-refractivity contribution is 5.97. The van der Waals surface area contributed by atoms with Gasteiger partial charge >= 0.3 is 0 Å². The van der Waals surface area contributed by atoms with E-state index in [0.717, 1.165) is 18.2 Å². The van der Waals surface area contributed by atoms with Gasteiger partial charge in [-0.15, -0.1) is 0 Å². The minimum Gasteiger partial charge on any atom is -0.490 e. The molecule has 0 radical (unpaired) electrons. The first-order valence-corrected chi connectivity index (χ1v) is 8.83. The minimum absolute atomic E-state index is 0.0209. The molecular formula is C20H22F2N2O4. The van der Waals surface area contributed by atoms with Gasteiger partial charge in [-0.25, -0.2) is 8.78 Å². The number of amides is 2. The first-order chi connectivity index (χ1) is 13.4. The summed E-state index contributed by atoms with van der Waals surface area (Å²) in [6.07, 6.45) is 0. The highest BCUT2D eigenvalue weighted by Gasteiger charge is 2.13. The summed E-state index contributed by atoms with van der Waals surface area (Å²) in [6, 6.07) is 7.70. The molecule has 0 saturated heterocycles. The van der Waals surface area contributed by atoms with Crippen LogP contribution >= 0.6 is 0 Å². The van der Waals surface area contributed by atoms with Crippen molar-refractivity contribution in [3.63, 3.8) is 0 Å². The van der Waals surface area contributed by atoms with Crippen molar-refractivity contribution in [3.8, 4) is 11.5 Å². The standard InChI is InChI=1S/C20H22F2N2O4/c1-3-27-17-8-5-13(10-18(17)28-4-2)20(26)24-12-19(25)23-11-14-9-15(21)6-7-16(14)22/h5-10H,3-4,11-12H2,1-2H3,(H,23,25)(H,24,26). The maximum Gasteiger partial charge on any atom is 0.251 e. The van der Waals surface area contributed by atoms with E-state index in [2.05, 4.69) is 10.6 Å². The number of nitrogens with one attached hydrogen (secondary N) is 2. The second kappa shape index (κ2) is 10.2. The molecule has 0 atom stereocenters. The maximum atomic E-state index is 13.5. The summed E-state index contributed by atoms with van der Waals surface area (Å²) in [5.74, 6) is -1.27. The van der Waals surface area contributed by atoms with Crippen molar-refractivity contribution >= 4 is 11.8 Å². The Morgan fingerprint density at radius 1 is 0.929 bits per heavy atom. The van der Waals surface area contributed by atoms with Crippen molar-refractivity contribution in [2.45, 2.75) is 20.4 Å². The lowest BCUT2D eigenvalue weighted by Crippen LogP contribution is -2.36. The highest BCUT2D eigenvalue weighted by atomic mass is 19.1. The topological polar surface area (TPSA) is 76.7 Å². The van der Waals surface area contributed by atoms with E-state index >= 15 is 0 Å². The quantitative estimate of drug-likeness (QED) is 0.688. The average molecular weight is 392 g/mol. The summed E-state index contributed by atoms with van der Waals surface area (Å²) in [4.78, 5) is 24.1. The Kier molecular flexibility index (Phi) is 7.74. The molecule has 2 aromatic rings. The molecule has 8 heteroatoms. The number of carbonyl (C=O) groups excluding carboxylic acids is 2. The van der Waals surface area contributed by atoms with Crippen molar-refractivity contribution in [2.24, 2.45) is 0 Å². The summed E-state index contributed by atoms with van der Waals surface area (Å²) in [6.45, 7) is 4.02. The van der Waals surface area contributed by atoms with Crippen LogP contribution in [0.2, 0.25) is 0 Å². The van der Waals surface area contributed by atoms with Crippen LogP contribution < -0.4 is 20.1 Å². The van der Waals surface area contributed by atoms with Crippen LogP contribution in [0, 0.1) is 11.6 Å². The van der Waals surface area contributed by atoms with Crippen molar-refractivity contribution in [1.82, 2.24) is 10.6 Å². The zero-order chi connectivity index (χ0) is 20.5. The van der Waals surface area contributed by atoms with E-state index in [1.165, 1.54) is 6.07 Å². The van der Waals surface area contributed by atoms with Gasteiger partial charge in [0, 0.05) is 17.7 Å². The molecule has 0 aliphatic carbocycles. The van der Waals surface area contributed by atoms with Crippen LogP contribution in [0.1, 0.15) is 29.8 Å². The number of halogens is 2. The summed E-state index contributed by atoms with van der Waals surface area (Å²) in [7, 11) is 0. The average Bonchev–Trinajstić information content (AvgIpc) is 2.68. The van der Waals surface area contributed by atoms with Crippen molar-refractivity contribution < 1.29 is 27.8 Å². The van der Waals surface area contributed by atoms with E-state index in [1.54, 1.807) is 12.1 Å². The van der Waals surface area contributed by atoms with E-state index in [0.29, 0.717) is 30.3 Å². The Morgan fingerprint density at radius 3 is 2.36 bits per heavy atom. The van der Waals surface area contributed by atoms with Gasteiger partial charge in [-0.2, -0.15) is 0 Å². The van der Waals surface area contributed by atoms with Crippen LogP contribution in [-0.2, 0) is 11.3 Å². The first kappa shape index (κ1) is 21.1. The SMILES string of the molecule is CCOc1ccc(C(=O)NCC(=O)NCc2cc(F)ccc2F)cc1OCC. The molecule has 2 rings (SSSR count). The number of rotatable bonds is 9. The molecule has 0 fully saturated rings. The molecule has 0 bridgehead atoms. The fourth-order valence-corrected chi connectivity index (χ4v) is 2.39. The molecule has 0 heterocycles. The lowest BCUT2D eigenvalue weighted by molar-refractivity contribution is -0.120. The lowest BCUT2D eigenvalue weighted by atomic mass is 10.2. The van der Waals surface area contributed by atoms with Gasteiger partial charge in [0.05, 0.1) is 19.8 Å². The normalized spacial score (nSPS) is 10.3. The first-order valence-electron chi connectivity index (χ1n) is 8.83. The Labute approximate surface area is 161 Å². The largest absolute Gasteiger partial charge is 0.490 e. The smallest absolute Gasteiger partial charge is 0.251 e. The number of hydrogen-bond acceptors (Lipinski definition) is 4. The van der Waals surface area contributed by atoms with Gasteiger partial charge < -0.3 is 20.1 Å². The van der Waals surface area contributed by atoms with E-state index in [-0.39, 0.29) is 18.7 Å². The van der Waals surface area contributed by atoms with Crippen molar-refractivity contribution in [1.29, 1.82) is 0 Å². The predicted octanol–water partition coefficient (Wildman–Crippen LogP) is 2.81. The third-order valence-electron chi connectivity index (χ3n) is 3.70. The Hall–Kier alpha value is -3.16. The van der Waals surface area contributed by atoms with Crippen molar-refractivity contribution in [3.05, 3.63) is 59.2 Å². The van der Waals surface area contributed by atoms with Crippen LogP contribution in [0.3, 0.4) is 0 Å². The molecule has 2 N–H and O–H groups in total. The molecule has 2 aromatic carbocycles. The van der Waals surface area contributed by atoms with Crippen LogP contribution in [0.15, 0.2) is 36.4 Å². The molecule has 150 valence electrons. The van der Waals surface area contributed by atoms with Gasteiger partial charge in [-0.1, -0.05) is 0 Å². The number of carbonyl (C=O) groups is 2. The molecule has 2 amide bonds. The van der Waals surface area contributed by atoms with Crippen LogP contribution in [-0.4, -0.2) is 31.6 Å². The molecule has 0 aliphatic rings. The monoisotopic (exact) mass is 392 g/mol. The van der Waals surface area contributed by atoms with Gasteiger partial charge in [0.15, 0.2) is 11.5 Å². The highest BCUT2D eigenvalue weighted by Crippen LogP contribution is 2.28. The molecule has 0 saturated carbocycles. The third kappa shape index (κ3) is 5.94. The number of hydrogen-bond donors (Lipinski definition) is 2. The molecule has 28 heavy (non-hydrogen) atoms. The predicted molar refractivity (Wildman–Crippen MR) is 99.3 cm³/mol. The van der Waals surface area contributed by atoms with E-state index in [4.69, 9.17) is 9.47 Å². The summed E-state index contributed by atoms with van der Waals surface area (Å²) in [5.41, 5.74) is 0.323. The zero-order valence-electron chi connectivity index (χ0n) is 15.7. The Balaban J connectivity index is 1.91. The second-order valence-corrected chi connectivity index (χ2v) is 5.72. The van der Waals surface area contributed by atoms with Crippen molar-refractivity contribution in [2.75, 3.05) is 19.8 Å². The van der Waals surface area contributed by atoms with Gasteiger partial charge in [0.25, 0.3) is 5.91 Å². The maximum absolute atomic E-state index is 13.5. The van der Waals surface area contributed by atoms with Crippen LogP contribution in [0.5, 0.6) is 11.5 Å². The number of benzene rings is 2. The fraction of sp³-hybridized carbons (Fsp3) is 0.300. The molecule has 6 nitrogen and oxygen atoms in total. The third-order valence-corrected chi connectivity index (χ3v) is 3.70. The fourth-order valence-electron chi connectivity index (χ4n) is 2.39. The molecule has 0 aliphatic heterocycles. The van der Waals surface area contributed by atoms with E-state index in [9.17, 15) is 18.4 Å². The molecular weight excluding hydrogens is 370 g/mol. The Bertz CT molecular complexity index is 843. The van der Waals surface area contributed by atoms with E-state index in [1.807, 2.05) is 13.8 Å². The molecule has 0 aromatic heterocycles. The number of ether oxygens (including phenoxy) is 2. The minimum atomic E-state index is -0.622. The van der Waals surface area contributed by atoms with Gasteiger partial charge in [-0.05, 0) is 50.2 Å². The van der Waals surface area contributed by atoms with Crippen LogP contribution in [0.4, 0.5) is 8.78 Å². The molecule has 0 spiro atoms. The Morgan fingerprint density at radius 2 is 1.64 bits per heavy atom. The molecule has 0 unspecified atom stereocenters. The van der Waals surface area contributed by atoms with Crippen LogP contribution in [0.25, 0.3) is 0 Å². The summed E-state index contributed by atoms with van der Waals surface area (Å²) < 4.78 is 37.6. The van der Waals surface area contributed by atoms with Gasteiger partial charge in [-0.3, -0.25) is 9.59 Å². The summed E-state index contributed by atoms with van der Waals surface area (Å²) in [5, 5.41) is 4.89. The summed E-state index contributed by atoms with van der Waals surface area (Å²) >= 11 is 0.